The smallest absolute Gasteiger partial charge is 0.410 e. The summed E-state index contributed by atoms with van der Waals surface area (Å²) in [5, 5.41) is 0. The third-order valence-corrected chi connectivity index (χ3v) is 9.55. The molecule has 0 heterocycles. The van der Waals surface area contributed by atoms with E-state index in [1.807, 2.05) is 81.8 Å². The van der Waals surface area contributed by atoms with Crippen LogP contribution in [-0.4, -0.2) is 75.6 Å². The molecule has 51 heavy (non-hydrogen) atoms. The molecule has 288 valence electrons. The SMILES string of the molecule is CCCCCCCC/C=C\CCCCCCCCOCC(CN(Cc1ccccc1)C(=O)OCc1ccccc1)OP(=O)([O-])OCC[N+](C)(C)C. The van der Waals surface area contributed by atoms with Crippen molar-refractivity contribution in [3.63, 3.8) is 0 Å². The zero-order chi connectivity index (χ0) is 37.0. The molecule has 0 radical (unpaired) electrons. The first-order valence-electron chi connectivity index (χ1n) is 19.2. The second-order valence-electron chi connectivity index (χ2n) is 14.4. The highest BCUT2D eigenvalue weighted by molar-refractivity contribution is 7.45. The van der Waals surface area contributed by atoms with Gasteiger partial charge < -0.3 is 32.8 Å². The fourth-order valence-electron chi connectivity index (χ4n) is 5.49. The second kappa shape index (κ2) is 27.1. The normalized spacial score (nSPS) is 13.7. The molecule has 10 heteroatoms. The van der Waals surface area contributed by atoms with E-state index < -0.39 is 20.0 Å². The number of ether oxygens (including phenoxy) is 2. The van der Waals surface area contributed by atoms with Gasteiger partial charge in [-0.3, -0.25) is 4.57 Å². The van der Waals surface area contributed by atoms with Crippen LogP contribution < -0.4 is 4.89 Å². The third kappa shape index (κ3) is 24.4. The molecule has 9 nitrogen and oxygen atoms in total. The molecular weight excluding hydrogens is 663 g/mol. The van der Waals surface area contributed by atoms with Crippen molar-refractivity contribution in [2.75, 3.05) is 54.1 Å². The number of hydrogen-bond donors (Lipinski definition) is 0. The number of likely N-dealkylation sites (N-methyl/N-ethyl adjacent to an activating group) is 1. The lowest BCUT2D eigenvalue weighted by molar-refractivity contribution is -0.870. The molecule has 0 bridgehead atoms. The Morgan fingerprint density at radius 1 is 0.784 bits per heavy atom. The molecule has 0 saturated heterocycles. The average Bonchev–Trinajstić information content (AvgIpc) is 3.09. The summed E-state index contributed by atoms with van der Waals surface area (Å²) in [7, 11) is 1.18. The number of carbonyl (C=O) groups is 1. The van der Waals surface area contributed by atoms with E-state index in [0.29, 0.717) is 17.6 Å². The zero-order valence-electron chi connectivity index (χ0n) is 32.1. The molecule has 2 aromatic carbocycles. The van der Waals surface area contributed by atoms with Crippen molar-refractivity contribution in [1.29, 1.82) is 0 Å². The van der Waals surface area contributed by atoms with Crippen molar-refractivity contribution in [3.05, 3.63) is 83.9 Å². The summed E-state index contributed by atoms with van der Waals surface area (Å²) in [4.78, 5) is 27.8. The maximum atomic E-state index is 13.4. The number of carbonyl (C=O) groups excluding carboxylic acids is 1. The molecule has 0 aliphatic carbocycles. The average molecular weight is 731 g/mol. The van der Waals surface area contributed by atoms with Crippen LogP contribution in [0.3, 0.4) is 0 Å². The first-order chi connectivity index (χ1) is 24.6. The van der Waals surface area contributed by atoms with Crippen molar-refractivity contribution in [2.45, 2.75) is 116 Å². The summed E-state index contributed by atoms with van der Waals surface area (Å²) in [5.74, 6) is 0. The van der Waals surface area contributed by atoms with Crippen molar-refractivity contribution in [2.24, 2.45) is 0 Å². The Kier molecular flexibility index (Phi) is 23.8. The van der Waals surface area contributed by atoms with Gasteiger partial charge >= 0.3 is 6.09 Å². The number of benzene rings is 2. The first-order valence-corrected chi connectivity index (χ1v) is 20.7. The van der Waals surface area contributed by atoms with Gasteiger partial charge in [-0.25, -0.2) is 4.79 Å². The van der Waals surface area contributed by atoms with Gasteiger partial charge in [0, 0.05) is 13.2 Å². The molecule has 0 aromatic heterocycles. The molecule has 2 unspecified atom stereocenters. The number of rotatable bonds is 30. The van der Waals surface area contributed by atoms with E-state index in [9.17, 15) is 14.3 Å². The minimum atomic E-state index is -4.68. The number of nitrogens with zero attached hydrogens (tertiary/aromatic N) is 2. The fraction of sp³-hybridized carbons (Fsp3) is 0.634. The number of allylic oxidation sites excluding steroid dienone is 2. The number of phosphoric ester groups is 1. The third-order valence-electron chi connectivity index (χ3n) is 8.50. The summed E-state index contributed by atoms with van der Waals surface area (Å²) in [5.41, 5.74) is 1.73. The maximum Gasteiger partial charge on any atom is 0.410 e. The van der Waals surface area contributed by atoms with Crippen LogP contribution >= 0.6 is 7.82 Å². The van der Waals surface area contributed by atoms with Crippen LogP contribution in [-0.2, 0) is 36.2 Å². The molecule has 2 rings (SSSR count). The highest BCUT2D eigenvalue weighted by Crippen LogP contribution is 2.40. The molecule has 0 spiro atoms. The number of hydrogen-bond acceptors (Lipinski definition) is 7. The van der Waals surface area contributed by atoms with Crippen molar-refractivity contribution in [1.82, 2.24) is 4.90 Å². The van der Waals surface area contributed by atoms with Gasteiger partial charge in [-0.05, 0) is 43.2 Å². The van der Waals surface area contributed by atoms with Crippen molar-refractivity contribution in [3.8, 4) is 0 Å². The predicted octanol–water partition coefficient (Wildman–Crippen LogP) is 9.46. The van der Waals surface area contributed by atoms with E-state index in [-0.39, 0.29) is 32.9 Å². The van der Waals surface area contributed by atoms with Gasteiger partial charge in [-0.15, -0.1) is 0 Å². The van der Waals surface area contributed by atoms with Crippen LogP contribution in [0.5, 0.6) is 0 Å². The Labute approximate surface area is 309 Å². The van der Waals surface area contributed by atoms with E-state index in [4.69, 9.17) is 18.5 Å². The Bertz CT molecular complexity index is 1220. The van der Waals surface area contributed by atoms with Crippen molar-refractivity contribution < 1.29 is 37.3 Å². The summed E-state index contributed by atoms with van der Waals surface area (Å²) in [6, 6.07) is 18.9. The Morgan fingerprint density at radius 2 is 1.33 bits per heavy atom. The van der Waals surface area contributed by atoms with Gasteiger partial charge in [-0.1, -0.05) is 138 Å². The Morgan fingerprint density at radius 3 is 1.92 bits per heavy atom. The van der Waals surface area contributed by atoms with Gasteiger partial charge in [0.05, 0.1) is 34.3 Å². The summed E-state index contributed by atoms with van der Waals surface area (Å²) >= 11 is 0. The van der Waals surface area contributed by atoms with Crippen LogP contribution in [0.1, 0.15) is 108 Å². The number of phosphoric acid groups is 1. The second-order valence-corrected chi connectivity index (χ2v) is 15.8. The monoisotopic (exact) mass is 730 g/mol. The number of quaternary nitrogens is 1. The quantitative estimate of drug-likeness (QED) is 0.0342. The predicted molar refractivity (Wildman–Crippen MR) is 205 cm³/mol. The van der Waals surface area contributed by atoms with Crippen LogP contribution in [0.15, 0.2) is 72.8 Å². The molecule has 2 aromatic rings. The number of unbranched alkanes of at least 4 members (excludes halogenated alkanes) is 12. The molecule has 0 saturated carbocycles. The number of amides is 1. The van der Waals surface area contributed by atoms with E-state index >= 15 is 0 Å². The fourth-order valence-corrected chi connectivity index (χ4v) is 6.35. The van der Waals surface area contributed by atoms with Crippen LogP contribution in [0.4, 0.5) is 4.79 Å². The van der Waals surface area contributed by atoms with Gasteiger partial charge in [0.25, 0.3) is 7.82 Å². The van der Waals surface area contributed by atoms with Gasteiger partial charge in [0.1, 0.15) is 25.9 Å². The zero-order valence-corrected chi connectivity index (χ0v) is 32.9. The Balaban J connectivity index is 1.84. The molecule has 1 amide bonds. The first kappa shape index (κ1) is 44.6. The summed E-state index contributed by atoms with van der Waals surface area (Å²) in [6.45, 7) is 3.46. The van der Waals surface area contributed by atoms with Crippen molar-refractivity contribution >= 4 is 13.9 Å². The summed E-state index contributed by atoms with van der Waals surface area (Å²) in [6.07, 6.45) is 20.3. The molecule has 0 aliphatic rings. The highest BCUT2D eigenvalue weighted by atomic mass is 31.2. The van der Waals surface area contributed by atoms with Crippen LogP contribution in [0.25, 0.3) is 0 Å². The summed E-state index contributed by atoms with van der Waals surface area (Å²) < 4.78 is 35.8. The largest absolute Gasteiger partial charge is 0.756 e. The van der Waals surface area contributed by atoms with Gasteiger partial charge in [0.2, 0.25) is 0 Å². The topological polar surface area (TPSA) is 97.4 Å². The lowest BCUT2D eigenvalue weighted by atomic mass is 10.1. The van der Waals surface area contributed by atoms with Gasteiger partial charge in [-0.2, -0.15) is 0 Å². The highest BCUT2D eigenvalue weighted by Gasteiger charge is 2.26. The molecule has 2 atom stereocenters. The van der Waals surface area contributed by atoms with E-state index in [0.717, 1.165) is 36.8 Å². The lowest BCUT2D eigenvalue weighted by Gasteiger charge is -2.32. The maximum absolute atomic E-state index is 13.4. The van der Waals surface area contributed by atoms with Crippen LogP contribution in [0, 0.1) is 0 Å². The molecule has 0 N–H and O–H groups in total. The van der Waals surface area contributed by atoms with Crippen LogP contribution in [0.2, 0.25) is 0 Å². The molecule has 0 fully saturated rings. The standard InChI is InChI=1S/C41H67N2O7P/c1-5-6-7-8-9-10-11-12-13-14-15-16-17-18-19-26-32-47-37-40(50-51(45,46)49-33-31-43(2,3)4)35-42(34-38-27-22-20-23-28-38)41(44)48-36-39-29-24-21-25-30-39/h12-13,20-25,27-30,40H,5-11,14-19,26,31-37H2,1-4H3/b13-12-. The minimum absolute atomic E-state index is 0.00669. The molecular formula is C41H67N2O7P. The lowest BCUT2D eigenvalue weighted by Crippen LogP contribution is -2.41. The molecule has 0 aliphatic heterocycles. The van der Waals surface area contributed by atoms with E-state index in [1.165, 1.54) is 69.1 Å². The van der Waals surface area contributed by atoms with Gasteiger partial charge in [0.15, 0.2) is 0 Å². The van der Waals surface area contributed by atoms with E-state index in [1.54, 1.807) is 0 Å². The Hall–Kier alpha value is -2.52. The van der Waals surface area contributed by atoms with E-state index in [2.05, 4.69) is 19.1 Å². The minimum Gasteiger partial charge on any atom is -0.756 e.